The number of likely N-dealkylation sites (tertiary alicyclic amines) is 1. The molecule has 0 saturated carbocycles. The van der Waals surface area contributed by atoms with Crippen molar-refractivity contribution in [1.29, 1.82) is 0 Å². The summed E-state index contributed by atoms with van der Waals surface area (Å²) in [7, 11) is 0. The summed E-state index contributed by atoms with van der Waals surface area (Å²) in [6, 6.07) is 31.3. The lowest BCUT2D eigenvalue weighted by Crippen LogP contribution is -2.47. The molecule has 4 aromatic carbocycles. The summed E-state index contributed by atoms with van der Waals surface area (Å²) in [5.74, 6) is -0.0517. The van der Waals surface area contributed by atoms with E-state index in [0.717, 1.165) is 13.0 Å². The number of carbonyl (C=O) groups excluding carboxylic acids is 2. The lowest BCUT2D eigenvalue weighted by Gasteiger charge is -2.39. The van der Waals surface area contributed by atoms with Crippen LogP contribution >= 0.6 is 0 Å². The highest BCUT2D eigenvalue weighted by molar-refractivity contribution is 5.94. The molecule has 198 valence electrons. The second-order valence-electron chi connectivity index (χ2n) is 10.00. The van der Waals surface area contributed by atoms with E-state index in [1.807, 2.05) is 6.07 Å². The van der Waals surface area contributed by atoms with Crippen molar-refractivity contribution < 1.29 is 14.3 Å². The van der Waals surface area contributed by atoms with Crippen LogP contribution in [0.25, 0.3) is 10.8 Å². The summed E-state index contributed by atoms with van der Waals surface area (Å²) in [6.45, 7) is 4.06. The Kier molecular flexibility index (Phi) is 8.08. The molecule has 2 unspecified atom stereocenters. The van der Waals surface area contributed by atoms with Gasteiger partial charge in [-0.25, -0.2) is 4.79 Å². The number of ether oxygens (including phenoxy) is 1. The Morgan fingerprint density at radius 1 is 0.949 bits per heavy atom. The van der Waals surface area contributed by atoms with E-state index in [-0.39, 0.29) is 17.5 Å². The molecule has 39 heavy (non-hydrogen) atoms. The van der Waals surface area contributed by atoms with Crippen LogP contribution < -0.4 is 10.1 Å². The molecule has 0 aliphatic carbocycles. The minimum absolute atomic E-state index is 0.136. The largest absolute Gasteiger partial charge is 0.415 e. The fourth-order valence-electron chi connectivity index (χ4n) is 5.49. The first-order valence-electron chi connectivity index (χ1n) is 13.2. The van der Waals surface area contributed by atoms with E-state index in [2.05, 4.69) is 84.1 Å². The zero-order valence-electron chi connectivity index (χ0n) is 21.8. The number of nitrogens with zero attached hydrogens (tertiary/aromatic N) is 2. The topological polar surface area (TPSA) is 88.1 Å². The summed E-state index contributed by atoms with van der Waals surface area (Å²) in [6.07, 6.45) is 0.397. The predicted molar refractivity (Wildman–Crippen MR) is 152 cm³/mol. The molecule has 5 rings (SSSR count). The van der Waals surface area contributed by atoms with Crippen molar-refractivity contribution in [2.75, 3.05) is 19.6 Å². The average Bonchev–Trinajstić information content (AvgIpc) is 2.99. The van der Waals surface area contributed by atoms with Crippen molar-refractivity contribution in [2.24, 2.45) is 11.1 Å². The zero-order chi connectivity index (χ0) is 27.2. The zero-order valence-corrected chi connectivity index (χ0v) is 21.8. The highest BCUT2D eigenvalue weighted by Gasteiger charge is 2.33. The van der Waals surface area contributed by atoms with Gasteiger partial charge in [0.1, 0.15) is 5.75 Å². The number of nitrogens with one attached hydrogen (secondary N) is 1. The summed E-state index contributed by atoms with van der Waals surface area (Å²) in [5.41, 5.74) is 2.68. The lowest BCUT2D eigenvalue weighted by atomic mass is 9.80. The summed E-state index contributed by atoms with van der Waals surface area (Å²) in [5, 5.41) is 8.62. The Labute approximate surface area is 227 Å². The van der Waals surface area contributed by atoms with Gasteiger partial charge in [0.25, 0.3) is 0 Å². The Balaban J connectivity index is 1.29. The number of rotatable bonds is 7. The second-order valence-corrected chi connectivity index (χ2v) is 10.00. The standard InChI is InChI=1S/C32H31N3O4/c1-22(28-13-7-11-24-10-5-6-12-30(24)28)33-20-26-21-35(19-18-29(26)23-8-3-2-4-9-23)32(37)39-27-16-14-25(15-17-27)31(36)34-38/h2-17,22,26,29,33H,18-21H2,1H3/t22-,26?,29?/m1/s1. The van der Waals surface area contributed by atoms with Gasteiger partial charge in [0, 0.05) is 36.4 Å². The first kappa shape index (κ1) is 26.3. The minimum atomic E-state index is -0.857. The maximum atomic E-state index is 13.1. The first-order valence-corrected chi connectivity index (χ1v) is 13.2. The second kappa shape index (κ2) is 12.0. The van der Waals surface area contributed by atoms with Crippen LogP contribution in [0.4, 0.5) is 4.79 Å². The number of nitroso groups, excluding NO2 is 1. The number of carbonyl (C=O) groups is 2. The monoisotopic (exact) mass is 521 g/mol. The molecule has 0 spiro atoms. The van der Waals surface area contributed by atoms with Gasteiger partial charge in [0.05, 0.1) is 0 Å². The van der Waals surface area contributed by atoms with Crippen LogP contribution in [0.5, 0.6) is 5.75 Å². The molecule has 0 radical (unpaired) electrons. The Morgan fingerprint density at radius 2 is 1.67 bits per heavy atom. The van der Waals surface area contributed by atoms with Crippen LogP contribution in [-0.2, 0) is 0 Å². The average molecular weight is 522 g/mol. The number of amides is 2. The van der Waals surface area contributed by atoms with Gasteiger partial charge in [-0.3, -0.25) is 4.79 Å². The van der Waals surface area contributed by atoms with E-state index in [1.165, 1.54) is 46.2 Å². The molecule has 3 atom stereocenters. The highest BCUT2D eigenvalue weighted by Crippen LogP contribution is 2.34. The molecule has 1 aliphatic heterocycles. The number of fused-ring (bicyclic) bond motifs is 1. The van der Waals surface area contributed by atoms with Gasteiger partial charge in [-0.2, -0.15) is 0 Å². The lowest BCUT2D eigenvalue weighted by molar-refractivity contribution is 0.100. The highest BCUT2D eigenvalue weighted by atomic mass is 16.6. The van der Waals surface area contributed by atoms with Crippen LogP contribution in [-0.4, -0.2) is 36.5 Å². The van der Waals surface area contributed by atoms with Gasteiger partial charge < -0.3 is 15.0 Å². The molecule has 1 heterocycles. The Morgan fingerprint density at radius 3 is 2.44 bits per heavy atom. The molecule has 7 nitrogen and oxygen atoms in total. The quantitative estimate of drug-likeness (QED) is 0.273. The molecule has 1 N–H and O–H groups in total. The van der Waals surface area contributed by atoms with Gasteiger partial charge in [0.15, 0.2) is 0 Å². The molecule has 1 saturated heterocycles. The number of benzene rings is 4. The molecule has 0 aromatic heterocycles. The van der Waals surface area contributed by atoms with Crippen LogP contribution in [0.15, 0.2) is 102 Å². The van der Waals surface area contributed by atoms with Gasteiger partial charge in [-0.15, -0.1) is 4.91 Å². The Hall–Kier alpha value is -4.36. The van der Waals surface area contributed by atoms with Crippen LogP contribution in [0, 0.1) is 10.8 Å². The van der Waals surface area contributed by atoms with E-state index in [4.69, 9.17) is 4.74 Å². The van der Waals surface area contributed by atoms with Crippen molar-refractivity contribution in [3.05, 3.63) is 119 Å². The van der Waals surface area contributed by atoms with E-state index in [9.17, 15) is 14.5 Å². The maximum Gasteiger partial charge on any atom is 0.415 e. The van der Waals surface area contributed by atoms with Gasteiger partial charge in [-0.1, -0.05) is 72.8 Å². The molecule has 1 fully saturated rings. The summed E-state index contributed by atoms with van der Waals surface area (Å²) < 4.78 is 5.60. The van der Waals surface area contributed by atoms with Crippen LogP contribution in [0.1, 0.15) is 46.8 Å². The van der Waals surface area contributed by atoms with Crippen molar-refractivity contribution >= 4 is 22.8 Å². The smallest absolute Gasteiger partial charge is 0.410 e. The molecule has 1 aliphatic rings. The number of hydrogen-bond acceptors (Lipinski definition) is 5. The van der Waals surface area contributed by atoms with Gasteiger partial charge >= 0.3 is 12.0 Å². The molecule has 0 bridgehead atoms. The molecular weight excluding hydrogens is 490 g/mol. The van der Waals surface area contributed by atoms with Crippen molar-refractivity contribution in [3.63, 3.8) is 0 Å². The summed E-state index contributed by atoms with van der Waals surface area (Å²) >= 11 is 0. The van der Waals surface area contributed by atoms with Crippen LogP contribution in [0.2, 0.25) is 0 Å². The first-order chi connectivity index (χ1) is 19.0. The van der Waals surface area contributed by atoms with Crippen LogP contribution in [0.3, 0.4) is 0 Å². The van der Waals surface area contributed by atoms with E-state index in [1.54, 1.807) is 4.90 Å². The van der Waals surface area contributed by atoms with E-state index >= 15 is 0 Å². The molecule has 7 heteroatoms. The summed E-state index contributed by atoms with van der Waals surface area (Å²) in [4.78, 5) is 36.7. The van der Waals surface area contributed by atoms with Crippen molar-refractivity contribution in [2.45, 2.75) is 25.3 Å². The molecule has 2 amide bonds. The predicted octanol–water partition coefficient (Wildman–Crippen LogP) is 6.70. The number of piperidine rings is 1. The molecular formula is C32H31N3O4. The SMILES string of the molecule is C[C@@H](NCC1CN(C(=O)Oc2ccc(C(=O)N=O)cc2)CCC1c1ccccc1)c1cccc2ccccc12. The third kappa shape index (κ3) is 6.04. The molecule has 4 aromatic rings. The third-order valence-electron chi connectivity index (χ3n) is 7.59. The van der Waals surface area contributed by atoms with Gasteiger partial charge in [0.2, 0.25) is 0 Å². The normalized spacial score (nSPS) is 17.9. The third-order valence-corrected chi connectivity index (χ3v) is 7.59. The van der Waals surface area contributed by atoms with E-state index in [0.29, 0.717) is 24.8 Å². The van der Waals surface area contributed by atoms with Gasteiger partial charge in [-0.05, 0) is 71.3 Å². The fourth-order valence-corrected chi connectivity index (χ4v) is 5.49. The number of hydrogen-bond donors (Lipinski definition) is 1. The fraction of sp³-hybridized carbons (Fsp3) is 0.250. The minimum Gasteiger partial charge on any atom is -0.410 e. The van der Waals surface area contributed by atoms with E-state index < -0.39 is 12.0 Å². The van der Waals surface area contributed by atoms with Crippen molar-refractivity contribution in [1.82, 2.24) is 10.2 Å². The maximum absolute atomic E-state index is 13.1. The Bertz CT molecular complexity index is 1450. The van der Waals surface area contributed by atoms with Crippen molar-refractivity contribution in [3.8, 4) is 5.75 Å².